The predicted octanol–water partition coefficient (Wildman–Crippen LogP) is 4.92. The van der Waals surface area contributed by atoms with Crippen molar-refractivity contribution < 1.29 is 5.11 Å². The summed E-state index contributed by atoms with van der Waals surface area (Å²) in [6, 6.07) is 3.42. The van der Waals surface area contributed by atoms with Gasteiger partial charge in [0.25, 0.3) is 0 Å². The molecule has 8 nitrogen and oxygen atoms in total. The quantitative estimate of drug-likeness (QED) is 0.292. The fourth-order valence-electron chi connectivity index (χ4n) is 2.23. The van der Waals surface area contributed by atoms with Crippen LogP contribution in [0.4, 0.5) is 5.69 Å². The Labute approximate surface area is 211 Å². The van der Waals surface area contributed by atoms with Crippen molar-refractivity contribution in [2.45, 2.75) is 19.4 Å². The maximum absolute atomic E-state index is 9.69. The van der Waals surface area contributed by atoms with Crippen molar-refractivity contribution in [3.8, 4) is 0 Å². The minimum Gasteiger partial charge on any atom is -0.389 e. The number of anilines is 1. The summed E-state index contributed by atoms with van der Waals surface area (Å²) in [5.74, 6) is 0. The van der Waals surface area contributed by atoms with E-state index in [0.717, 1.165) is 23.2 Å². The fourth-order valence-corrected chi connectivity index (χ4v) is 4.17. The van der Waals surface area contributed by atoms with Crippen LogP contribution < -0.4 is 5.32 Å². The second kappa shape index (κ2) is 9.34. The molecule has 0 amide bonds. The Morgan fingerprint density at radius 1 is 1.03 bits per heavy atom. The second-order valence-corrected chi connectivity index (χ2v) is 10.3. The van der Waals surface area contributed by atoms with E-state index in [4.69, 9.17) is 23.2 Å². The lowest BCUT2D eigenvalue weighted by molar-refractivity contribution is 0.0945. The third-order valence-corrected chi connectivity index (χ3v) is 5.88. The summed E-state index contributed by atoms with van der Waals surface area (Å²) in [6.07, 6.45) is 3.46. The number of hydrogen-bond acceptors (Lipinski definition) is 6. The van der Waals surface area contributed by atoms with Gasteiger partial charge in [-0.05, 0) is 81.0 Å². The summed E-state index contributed by atoms with van der Waals surface area (Å²) >= 11 is 19.3. The minimum atomic E-state index is -0.799. The van der Waals surface area contributed by atoms with Crippen molar-refractivity contribution in [3.05, 3.63) is 46.7 Å². The van der Waals surface area contributed by atoms with E-state index in [-0.39, 0.29) is 0 Å². The van der Waals surface area contributed by atoms with Crippen LogP contribution >= 0.6 is 84.3 Å². The molecule has 2 N–H and O–H groups in total. The zero-order valence-electron chi connectivity index (χ0n) is 15.0. The van der Waals surface area contributed by atoms with E-state index < -0.39 is 5.60 Å². The molecule has 13 heteroatoms. The standard InChI is InChI=1S/C10H12ClIN4O.C6H2BrClIN3/c1-10(2,17)5-14-6-3-7(11)15-16-8(12)4-13-9(6)16;7-3-1-4(8)11-12-5(9)2-10-6(3)12/h3-4,14,17H,5H2,1-2H3;1-2H. The highest BCUT2D eigenvalue weighted by Crippen LogP contribution is 2.22. The van der Waals surface area contributed by atoms with Gasteiger partial charge in [-0.3, -0.25) is 0 Å². The van der Waals surface area contributed by atoms with Gasteiger partial charge in [-0.1, -0.05) is 23.2 Å². The number of halogens is 5. The van der Waals surface area contributed by atoms with Crippen LogP contribution in [0.25, 0.3) is 11.3 Å². The second-order valence-electron chi connectivity index (χ2n) is 6.49. The summed E-state index contributed by atoms with van der Waals surface area (Å²) < 4.78 is 6.02. The highest BCUT2D eigenvalue weighted by atomic mass is 127. The zero-order valence-corrected chi connectivity index (χ0v) is 22.4. The third kappa shape index (κ3) is 5.81. The zero-order chi connectivity index (χ0) is 21.3. The molecule has 0 saturated carbocycles. The molecule has 4 aromatic rings. The number of aromatic nitrogens is 6. The summed E-state index contributed by atoms with van der Waals surface area (Å²) in [6.45, 7) is 3.87. The van der Waals surface area contributed by atoms with Crippen molar-refractivity contribution in [2.24, 2.45) is 0 Å². The van der Waals surface area contributed by atoms with Crippen LogP contribution in [0.1, 0.15) is 13.8 Å². The van der Waals surface area contributed by atoms with Gasteiger partial charge in [0, 0.05) is 12.6 Å². The lowest BCUT2D eigenvalue weighted by atomic mass is 10.1. The van der Waals surface area contributed by atoms with E-state index >= 15 is 0 Å². The Morgan fingerprint density at radius 2 is 1.55 bits per heavy atom. The molecule has 4 aromatic heterocycles. The van der Waals surface area contributed by atoms with E-state index in [1.165, 1.54) is 0 Å². The van der Waals surface area contributed by atoms with E-state index in [2.05, 4.69) is 86.6 Å². The Kier molecular flexibility index (Phi) is 7.47. The molecule has 0 saturated heterocycles. The largest absolute Gasteiger partial charge is 0.389 e. The molecule has 0 atom stereocenters. The molecule has 0 bridgehead atoms. The van der Waals surface area contributed by atoms with Gasteiger partial charge in [0.15, 0.2) is 21.6 Å². The highest BCUT2D eigenvalue weighted by molar-refractivity contribution is 14.1. The Bertz CT molecular complexity index is 1180. The molecule has 0 unspecified atom stereocenters. The van der Waals surface area contributed by atoms with Gasteiger partial charge in [-0.2, -0.15) is 10.2 Å². The third-order valence-electron chi connectivity index (χ3n) is 3.46. The molecule has 0 radical (unpaired) electrons. The van der Waals surface area contributed by atoms with E-state index in [1.807, 2.05) is 0 Å². The normalized spacial score (nSPS) is 11.6. The van der Waals surface area contributed by atoms with Crippen LogP contribution in [0.3, 0.4) is 0 Å². The van der Waals surface area contributed by atoms with E-state index in [1.54, 1.807) is 47.4 Å². The summed E-state index contributed by atoms with van der Waals surface area (Å²) in [5.41, 5.74) is 1.44. The topological polar surface area (TPSA) is 92.6 Å². The minimum absolute atomic E-state index is 0.381. The number of nitrogens with zero attached hydrogens (tertiary/aromatic N) is 6. The molecule has 0 aliphatic carbocycles. The molecule has 0 aliphatic heterocycles. The van der Waals surface area contributed by atoms with Gasteiger partial charge in [0.05, 0.1) is 28.2 Å². The van der Waals surface area contributed by atoms with E-state index in [0.29, 0.717) is 22.5 Å². The first kappa shape index (κ1) is 23.2. The van der Waals surface area contributed by atoms with Gasteiger partial charge >= 0.3 is 0 Å². The smallest absolute Gasteiger partial charge is 0.178 e. The average molecular weight is 725 g/mol. The lowest BCUT2D eigenvalue weighted by Crippen LogP contribution is -2.29. The molecule has 4 heterocycles. The van der Waals surface area contributed by atoms with Gasteiger partial charge < -0.3 is 10.4 Å². The first-order valence-corrected chi connectivity index (χ1v) is 11.8. The highest BCUT2D eigenvalue weighted by Gasteiger charge is 2.15. The summed E-state index contributed by atoms with van der Waals surface area (Å²) in [4.78, 5) is 8.40. The molecule has 0 aromatic carbocycles. The van der Waals surface area contributed by atoms with Crippen molar-refractivity contribution in [1.29, 1.82) is 0 Å². The number of aliphatic hydroxyl groups is 1. The van der Waals surface area contributed by atoms with Crippen LogP contribution in [0.15, 0.2) is 29.0 Å². The maximum Gasteiger partial charge on any atom is 0.178 e. The SMILES string of the molecule is CC(C)(O)CNc1cc(Cl)nn2c(I)cnc12.Clc1cc(Br)c2ncc(I)n2n1. The number of rotatable bonds is 3. The molecule has 0 aliphatic rings. The molecule has 4 rings (SSSR count). The van der Waals surface area contributed by atoms with Gasteiger partial charge in [0.2, 0.25) is 0 Å². The monoisotopic (exact) mass is 723 g/mol. The summed E-state index contributed by atoms with van der Waals surface area (Å²) in [5, 5.41) is 21.9. The van der Waals surface area contributed by atoms with Crippen molar-refractivity contribution in [1.82, 2.24) is 29.2 Å². The first-order chi connectivity index (χ1) is 13.5. The van der Waals surface area contributed by atoms with Gasteiger partial charge in [-0.15, -0.1) is 0 Å². The average Bonchev–Trinajstić information content (AvgIpc) is 3.17. The predicted molar refractivity (Wildman–Crippen MR) is 134 cm³/mol. The van der Waals surface area contributed by atoms with Crippen molar-refractivity contribution in [2.75, 3.05) is 11.9 Å². The van der Waals surface area contributed by atoms with Crippen LogP contribution in [0.5, 0.6) is 0 Å². The van der Waals surface area contributed by atoms with Crippen molar-refractivity contribution in [3.63, 3.8) is 0 Å². The molecule has 0 fully saturated rings. The summed E-state index contributed by atoms with van der Waals surface area (Å²) in [7, 11) is 0. The number of hydrogen-bond donors (Lipinski definition) is 2. The molecule has 0 spiro atoms. The van der Waals surface area contributed by atoms with Crippen molar-refractivity contribution >= 4 is 101 Å². The van der Waals surface area contributed by atoms with Crippen LogP contribution in [0.2, 0.25) is 10.3 Å². The van der Waals surface area contributed by atoms with Crippen LogP contribution in [-0.4, -0.2) is 46.4 Å². The lowest BCUT2D eigenvalue weighted by Gasteiger charge is -2.18. The van der Waals surface area contributed by atoms with E-state index in [9.17, 15) is 5.11 Å². The van der Waals surface area contributed by atoms with Crippen LogP contribution in [0, 0.1) is 7.40 Å². The molecular formula is C16H14BrCl2I2N7O. The Morgan fingerprint density at radius 3 is 2.14 bits per heavy atom. The number of fused-ring (bicyclic) bond motifs is 2. The number of nitrogens with one attached hydrogen (secondary N) is 1. The van der Waals surface area contributed by atoms with Gasteiger partial charge in [-0.25, -0.2) is 19.0 Å². The fraction of sp³-hybridized carbons (Fsp3) is 0.250. The first-order valence-electron chi connectivity index (χ1n) is 8.06. The Hall–Kier alpha value is -0.480. The number of imidazole rings is 2. The molecule has 29 heavy (non-hydrogen) atoms. The van der Waals surface area contributed by atoms with Crippen LogP contribution in [-0.2, 0) is 0 Å². The molecule has 154 valence electrons. The Balaban J connectivity index is 0.000000176. The van der Waals surface area contributed by atoms with Gasteiger partial charge in [0.1, 0.15) is 7.40 Å². The molecular weight excluding hydrogens is 711 g/mol. The maximum atomic E-state index is 9.69.